The Labute approximate surface area is 134 Å². The molecule has 22 heavy (non-hydrogen) atoms. The summed E-state index contributed by atoms with van der Waals surface area (Å²) in [7, 11) is -4.29. The molecule has 1 atom stereocenters. The Morgan fingerprint density at radius 3 is 2.36 bits per heavy atom. The number of hydrogen-bond donors (Lipinski definition) is 1. The van der Waals surface area contributed by atoms with E-state index in [9.17, 15) is 17.2 Å². The summed E-state index contributed by atoms with van der Waals surface area (Å²) < 4.78 is 53.6. The minimum absolute atomic E-state index is 0. The van der Waals surface area contributed by atoms with Gasteiger partial charge in [0.15, 0.2) is 4.90 Å². The Morgan fingerprint density at radius 2 is 1.95 bits per heavy atom. The number of hydrogen-bond acceptors (Lipinski definition) is 4. The predicted octanol–water partition coefficient (Wildman–Crippen LogP) is 1.62. The monoisotopic (exact) mass is 351 g/mol. The quantitative estimate of drug-likeness (QED) is 0.896. The molecular weight excluding hydrogens is 336 g/mol. The van der Waals surface area contributed by atoms with Crippen LogP contribution in [-0.2, 0) is 10.0 Å². The predicted molar refractivity (Wildman–Crippen MR) is 78.9 cm³/mol. The van der Waals surface area contributed by atoms with Crippen molar-refractivity contribution >= 4 is 22.4 Å². The largest absolute Gasteiger partial charge is 0.330 e. The SMILES string of the molecule is CC1(CN)CCN(S(=O)(=O)c2c(F)cc(C#N)cc2F)C1.Cl. The van der Waals surface area contributed by atoms with Gasteiger partial charge in [0.2, 0.25) is 10.0 Å². The molecule has 0 amide bonds. The standard InChI is InChI=1S/C13H15F2N3O2S.ClH/c1-13(7-17)2-3-18(8-13)21(19,20)12-10(14)4-9(6-16)5-11(12)15;/h4-5H,2-3,7-8,17H2,1H3;1H. The van der Waals surface area contributed by atoms with E-state index in [2.05, 4.69) is 0 Å². The fourth-order valence-corrected chi connectivity index (χ4v) is 4.03. The second-order valence-corrected chi connectivity index (χ2v) is 7.36. The van der Waals surface area contributed by atoms with Crippen LogP contribution >= 0.6 is 12.4 Å². The molecule has 0 saturated carbocycles. The summed E-state index contributed by atoms with van der Waals surface area (Å²) in [5.74, 6) is -2.51. The van der Waals surface area contributed by atoms with Crippen molar-refractivity contribution < 1.29 is 17.2 Å². The lowest BCUT2D eigenvalue weighted by molar-refractivity contribution is 0.348. The molecule has 1 heterocycles. The number of halogens is 3. The highest BCUT2D eigenvalue weighted by atomic mass is 35.5. The average molecular weight is 352 g/mol. The Bertz CT molecular complexity index is 697. The van der Waals surface area contributed by atoms with E-state index in [1.165, 1.54) is 0 Å². The van der Waals surface area contributed by atoms with Crippen molar-refractivity contribution in [3.05, 3.63) is 29.3 Å². The van der Waals surface area contributed by atoms with Gasteiger partial charge in [-0.15, -0.1) is 12.4 Å². The zero-order chi connectivity index (χ0) is 15.8. The van der Waals surface area contributed by atoms with Gasteiger partial charge in [0.25, 0.3) is 0 Å². The molecule has 122 valence electrons. The van der Waals surface area contributed by atoms with E-state index < -0.39 is 32.0 Å². The summed E-state index contributed by atoms with van der Waals surface area (Å²) in [5, 5.41) is 8.64. The fourth-order valence-electron chi connectivity index (χ4n) is 2.35. The van der Waals surface area contributed by atoms with Gasteiger partial charge in [-0.25, -0.2) is 17.2 Å². The summed E-state index contributed by atoms with van der Waals surface area (Å²) in [6.07, 6.45) is 0.530. The molecule has 0 spiro atoms. The van der Waals surface area contributed by atoms with Gasteiger partial charge >= 0.3 is 0 Å². The lowest BCUT2D eigenvalue weighted by Gasteiger charge is -2.22. The molecule has 0 aromatic heterocycles. The van der Waals surface area contributed by atoms with Gasteiger partial charge in [-0.1, -0.05) is 6.92 Å². The van der Waals surface area contributed by atoms with E-state index in [1.807, 2.05) is 6.92 Å². The van der Waals surface area contributed by atoms with Gasteiger partial charge < -0.3 is 5.73 Å². The highest BCUT2D eigenvalue weighted by Gasteiger charge is 2.41. The molecule has 9 heteroatoms. The van der Waals surface area contributed by atoms with Crippen molar-refractivity contribution in [1.29, 1.82) is 5.26 Å². The summed E-state index contributed by atoms with van der Waals surface area (Å²) in [6.45, 7) is 2.39. The van der Waals surface area contributed by atoms with Gasteiger partial charge in [0.1, 0.15) is 11.6 Å². The lowest BCUT2D eigenvalue weighted by atomic mass is 9.90. The van der Waals surface area contributed by atoms with Crippen LogP contribution in [0.15, 0.2) is 17.0 Å². The van der Waals surface area contributed by atoms with Gasteiger partial charge in [-0.05, 0) is 30.5 Å². The molecule has 1 aliphatic rings. The highest BCUT2D eigenvalue weighted by molar-refractivity contribution is 7.89. The number of benzene rings is 1. The summed E-state index contributed by atoms with van der Waals surface area (Å²) in [4.78, 5) is -1.01. The van der Waals surface area contributed by atoms with Crippen molar-refractivity contribution in [3.8, 4) is 6.07 Å². The first-order valence-corrected chi connectivity index (χ1v) is 7.77. The Morgan fingerprint density at radius 1 is 1.41 bits per heavy atom. The third-order valence-corrected chi connectivity index (χ3v) is 5.64. The van der Waals surface area contributed by atoms with E-state index in [4.69, 9.17) is 11.0 Å². The van der Waals surface area contributed by atoms with Gasteiger partial charge in [0.05, 0.1) is 11.6 Å². The molecule has 1 aromatic rings. The molecule has 2 rings (SSSR count). The average Bonchev–Trinajstić information content (AvgIpc) is 2.81. The normalized spacial score (nSPS) is 22.1. The van der Waals surface area contributed by atoms with Crippen molar-refractivity contribution in [1.82, 2.24) is 4.31 Å². The Kier molecular flexibility index (Phi) is 5.51. The Balaban J connectivity index is 0.00000242. The van der Waals surface area contributed by atoms with E-state index in [0.29, 0.717) is 18.6 Å². The third kappa shape index (κ3) is 3.22. The maximum atomic E-state index is 13.9. The second-order valence-electron chi connectivity index (χ2n) is 5.48. The van der Waals surface area contributed by atoms with Crippen LogP contribution in [0.2, 0.25) is 0 Å². The zero-order valence-electron chi connectivity index (χ0n) is 11.8. The maximum absolute atomic E-state index is 13.9. The minimum Gasteiger partial charge on any atom is -0.330 e. The van der Waals surface area contributed by atoms with Crippen LogP contribution in [0.4, 0.5) is 8.78 Å². The molecule has 0 aliphatic carbocycles. The summed E-state index contributed by atoms with van der Waals surface area (Å²) in [5.41, 5.74) is 4.94. The third-order valence-electron chi connectivity index (χ3n) is 3.74. The fraction of sp³-hybridized carbons (Fsp3) is 0.462. The van der Waals surface area contributed by atoms with Crippen molar-refractivity contribution in [2.75, 3.05) is 19.6 Å². The zero-order valence-corrected chi connectivity index (χ0v) is 13.5. The summed E-state index contributed by atoms with van der Waals surface area (Å²) >= 11 is 0. The van der Waals surface area contributed by atoms with Gasteiger partial charge in [-0.3, -0.25) is 0 Å². The summed E-state index contributed by atoms with van der Waals surface area (Å²) in [6, 6.07) is 3.01. The van der Waals surface area contributed by atoms with Gasteiger partial charge in [0, 0.05) is 13.1 Å². The number of nitrogens with two attached hydrogens (primary N) is 1. The molecule has 1 fully saturated rings. The van der Waals surface area contributed by atoms with Crippen molar-refractivity contribution in [2.45, 2.75) is 18.2 Å². The smallest absolute Gasteiger partial charge is 0.248 e. The Hall–Kier alpha value is -1.27. The van der Waals surface area contributed by atoms with Crippen LogP contribution in [0.3, 0.4) is 0 Å². The van der Waals surface area contributed by atoms with Crippen LogP contribution in [0.1, 0.15) is 18.9 Å². The second kappa shape index (κ2) is 6.46. The molecule has 1 saturated heterocycles. The molecule has 1 aliphatic heterocycles. The van der Waals surface area contributed by atoms with Gasteiger partial charge in [-0.2, -0.15) is 9.57 Å². The van der Waals surface area contributed by atoms with E-state index in [-0.39, 0.29) is 37.6 Å². The molecular formula is C13H16ClF2N3O2S. The highest BCUT2D eigenvalue weighted by Crippen LogP contribution is 2.34. The lowest BCUT2D eigenvalue weighted by Crippen LogP contribution is -2.35. The molecule has 0 bridgehead atoms. The van der Waals surface area contributed by atoms with Crippen LogP contribution in [-0.4, -0.2) is 32.4 Å². The number of sulfonamides is 1. The van der Waals surface area contributed by atoms with Crippen LogP contribution in [0.5, 0.6) is 0 Å². The topological polar surface area (TPSA) is 87.2 Å². The molecule has 1 aromatic carbocycles. The van der Waals surface area contributed by atoms with E-state index in [1.54, 1.807) is 6.07 Å². The number of nitrogens with zero attached hydrogens (tertiary/aromatic N) is 2. The van der Waals surface area contributed by atoms with E-state index >= 15 is 0 Å². The van der Waals surface area contributed by atoms with Crippen LogP contribution < -0.4 is 5.73 Å². The van der Waals surface area contributed by atoms with E-state index in [0.717, 1.165) is 4.31 Å². The number of nitriles is 1. The van der Waals surface area contributed by atoms with Crippen molar-refractivity contribution in [3.63, 3.8) is 0 Å². The molecule has 1 unspecified atom stereocenters. The van der Waals surface area contributed by atoms with Crippen molar-refractivity contribution in [2.24, 2.45) is 11.1 Å². The first-order chi connectivity index (χ1) is 9.73. The molecule has 0 radical (unpaired) electrons. The van der Waals surface area contributed by atoms with Crippen LogP contribution in [0, 0.1) is 28.4 Å². The molecule has 2 N–H and O–H groups in total. The first kappa shape index (κ1) is 18.8. The number of rotatable bonds is 3. The minimum atomic E-state index is -4.29. The maximum Gasteiger partial charge on any atom is 0.248 e. The molecule has 5 nitrogen and oxygen atoms in total. The first-order valence-electron chi connectivity index (χ1n) is 6.33. The van der Waals surface area contributed by atoms with Crippen LogP contribution in [0.25, 0.3) is 0 Å².